The molecule has 3 N–H and O–H groups in total. The normalized spacial score (nSPS) is 20.6. The van der Waals surface area contributed by atoms with Crippen molar-refractivity contribution in [2.45, 2.75) is 55.0 Å². The fourth-order valence-electron chi connectivity index (χ4n) is 3.70. The van der Waals surface area contributed by atoms with Gasteiger partial charge in [-0.2, -0.15) is 4.31 Å². The summed E-state index contributed by atoms with van der Waals surface area (Å²) in [6.45, 7) is 3.80. The number of rotatable bonds is 6. The van der Waals surface area contributed by atoms with Crippen LogP contribution in [0.3, 0.4) is 0 Å². The molecule has 1 heterocycles. The molecule has 0 unspecified atom stereocenters. The third-order valence-electron chi connectivity index (χ3n) is 5.24. The van der Waals surface area contributed by atoms with Gasteiger partial charge in [0.05, 0.1) is 9.79 Å². The van der Waals surface area contributed by atoms with E-state index in [1.807, 2.05) is 13.8 Å². The number of primary amides is 1. The second-order valence-corrected chi connectivity index (χ2v) is 11.0. The first-order chi connectivity index (χ1) is 14.0. The Bertz CT molecular complexity index is 1120. The Labute approximate surface area is 177 Å². The number of carbonyl (C=O) groups excluding carboxylic acids is 1. The maximum atomic E-state index is 13.1. The maximum Gasteiger partial charge on any atom is 0.261 e. The first-order valence-electron chi connectivity index (χ1n) is 9.58. The number of sulfonamides is 2. The molecule has 3 rings (SSSR count). The van der Waals surface area contributed by atoms with Gasteiger partial charge in [-0.3, -0.25) is 9.52 Å². The minimum absolute atomic E-state index is 0.0415. The molecule has 8 nitrogen and oxygen atoms in total. The molecule has 2 aromatic rings. The minimum Gasteiger partial charge on any atom is -0.366 e. The summed E-state index contributed by atoms with van der Waals surface area (Å²) in [7, 11) is -7.58. The summed E-state index contributed by atoms with van der Waals surface area (Å²) in [6.07, 6.45) is 2.63. The monoisotopic (exact) mass is 451 g/mol. The molecule has 0 spiro atoms. The second kappa shape index (κ2) is 8.37. The van der Waals surface area contributed by atoms with Gasteiger partial charge in [-0.15, -0.1) is 0 Å². The molecule has 1 aliphatic rings. The molecule has 1 fully saturated rings. The van der Waals surface area contributed by atoms with Gasteiger partial charge in [0.2, 0.25) is 15.9 Å². The van der Waals surface area contributed by atoms with Crippen molar-refractivity contribution >= 4 is 31.6 Å². The van der Waals surface area contributed by atoms with Gasteiger partial charge < -0.3 is 5.73 Å². The highest BCUT2D eigenvalue weighted by Crippen LogP contribution is 2.30. The van der Waals surface area contributed by atoms with Gasteiger partial charge in [0.15, 0.2) is 0 Å². The van der Waals surface area contributed by atoms with E-state index >= 15 is 0 Å². The average molecular weight is 452 g/mol. The molecule has 10 heteroatoms. The molecule has 0 aromatic heterocycles. The standard InChI is InChI=1S/C20H25N3O5S2/c1-14-4-3-5-15(2)23(14)30(27,28)19-12-8-17(9-13-19)22-29(25,26)18-10-6-16(7-11-18)20(21)24/h6-15,22H,3-5H2,1-2H3,(H2,21,24)/t14-,15+. The second-order valence-electron chi connectivity index (χ2n) is 7.48. The summed E-state index contributed by atoms with van der Waals surface area (Å²) in [5, 5.41) is 0. The van der Waals surface area contributed by atoms with Crippen LogP contribution in [0.4, 0.5) is 5.69 Å². The fraction of sp³-hybridized carbons (Fsp3) is 0.350. The largest absolute Gasteiger partial charge is 0.366 e. The van der Waals surface area contributed by atoms with Crippen molar-refractivity contribution < 1.29 is 21.6 Å². The predicted octanol–water partition coefficient (Wildman–Crippen LogP) is 2.54. The summed E-state index contributed by atoms with van der Waals surface area (Å²) in [6, 6.07) is 10.7. The number of nitrogens with one attached hydrogen (secondary N) is 1. The van der Waals surface area contributed by atoms with Crippen LogP contribution in [0.5, 0.6) is 0 Å². The Morgan fingerprint density at radius 2 is 1.40 bits per heavy atom. The van der Waals surface area contributed by atoms with Crippen LogP contribution in [0.1, 0.15) is 43.5 Å². The lowest BCUT2D eigenvalue weighted by atomic mass is 10.0. The Balaban J connectivity index is 1.80. The van der Waals surface area contributed by atoms with E-state index in [4.69, 9.17) is 5.73 Å². The van der Waals surface area contributed by atoms with E-state index < -0.39 is 26.0 Å². The van der Waals surface area contributed by atoms with E-state index in [9.17, 15) is 21.6 Å². The fourth-order valence-corrected chi connectivity index (χ4v) is 6.64. The summed E-state index contributed by atoms with van der Waals surface area (Å²) >= 11 is 0. The molecule has 1 saturated heterocycles. The summed E-state index contributed by atoms with van der Waals surface area (Å²) < 4.78 is 55.2. The SMILES string of the molecule is C[C@@H]1CCC[C@H](C)N1S(=O)(=O)c1ccc(NS(=O)(=O)c2ccc(C(N)=O)cc2)cc1. The van der Waals surface area contributed by atoms with Gasteiger partial charge in [-0.1, -0.05) is 6.42 Å². The van der Waals surface area contributed by atoms with Crippen molar-refractivity contribution in [1.29, 1.82) is 0 Å². The maximum absolute atomic E-state index is 13.1. The molecule has 0 aliphatic carbocycles. The molecular weight excluding hydrogens is 426 g/mol. The number of hydrogen-bond acceptors (Lipinski definition) is 5. The Hall–Kier alpha value is -2.43. The highest BCUT2D eigenvalue weighted by Gasteiger charge is 2.35. The topological polar surface area (TPSA) is 127 Å². The van der Waals surface area contributed by atoms with Crippen molar-refractivity contribution in [2.75, 3.05) is 4.72 Å². The van der Waals surface area contributed by atoms with Crippen LogP contribution in [-0.2, 0) is 20.0 Å². The highest BCUT2D eigenvalue weighted by atomic mass is 32.2. The smallest absolute Gasteiger partial charge is 0.261 e. The molecule has 30 heavy (non-hydrogen) atoms. The highest BCUT2D eigenvalue weighted by molar-refractivity contribution is 7.92. The van der Waals surface area contributed by atoms with Gasteiger partial charge in [-0.05, 0) is 75.2 Å². The average Bonchev–Trinajstić information content (AvgIpc) is 2.68. The summed E-state index contributed by atoms with van der Waals surface area (Å²) in [4.78, 5) is 11.2. The van der Waals surface area contributed by atoms with Crippen LogP contribution >= 0.6 is 0 Å². The van der Waals surface area contributed by atoms with Gasteiger partial charge in [0, 0.05) is 23.3 Å². The van der Waals surface area contributed by atoms with Crippen molar-refractivity contribution in [1.82, 2.24) is 4.31 Å². The number of piperidine rings is 1. The zero-order valence-electron chi connectivity index (χ0n) is 16.8. The van der Waals surface area contributed by atoms with Gasteiger partial charge >= 0.3 is 0 Å². The van der Waals surface area contributed by atoms with E-state index in [1.165, 1.54) is 52.8 Å². The number of benzene rings is 2. The number of anilines is 1. The quantitative estimate of drug-likeness (QED) is 0.698. The minimum atomic E-state index is -3.90. The molecule has 2 atom stereocenters. The van der Waals surface area contributed by atoms with Gasteiger partial charge in [-0.25, -0.2) is 16.8 Å². The van der Waals surface area contributed by atoms with Crippen molar-refractivity contribution in [3.05, 3.63) is 54.1 Å². The molecule has 162 valence electrons. The van der Waals surface area contributed by atoms with Crippen LogP contribution in [0, 0.1) is 0 Å². The number of amides is 1. The van der Waals surface area contributed by atoms with Crippen LogP contribution in [0.15, 0.2) is 58.3 Å². The molecule has 0 radical (unpaired) electrons. The zero-order chi connectivity index (χ0) is 22.1. The Morgan fingerprint density at radius 3 is 1.90 bits per heavy atom. The van der Waals surface area contributed by atoms with Crippen molar-refractivity contribution in [3.63, 3.8) is 0 Å². The Morgan fingerprint density at radius 1 is 0.900 bits per heavy atom. The van der Waals surface area contributed by atoms with Crippen LogP contribution in [0.25, 0.3) is 0 Å². The zero-order valence-corrected chi connectivity index (χ0v) is 18.4. The number of nitrogens with zero attached hydrogens (tertiary/aromatic N) is 1. The third kappa shape index (κ3) is 4.50. The lowest BCUT2D eigenvalue weighted by Crippen LogP contribution is -2.47. The number of carbonyl (C=O) groups is 1. The van der Waals surface area contributed by atoms with Crippen molar-refractivity contribution in [3.8, 4) is 0 Å². The van der Waals surface area contributed by atoms with E-state index in [0.717, 1.165) is 19.3 Å². The van der Waals surface area contributed by atoms with Gasteiger partial charge in [0.1, 0.15) is 0 Å². The van der Waals surface area contributed by atoms with E-state index in [1.54, 1.807) is 0 Å². The van der Waals surface area contributed by atoms with E-state index in [2.05, 4.69) is 4.72 Å². The lowest BCUT2D eigenvalue weighted by molar-refractivity contribution is 0.1000. The lowest BCUT2D eigenvalue weighted by Gasteiger charge is -2.37. The predicted molar refractivity (Wildman–Crippen MR) is 114 cm³/mol. The first kappa shape index (κ1) is 22.3. The molecule has 0 saturated carbocycles. The number of nitrogens with two attached hydrogens (primary N) is 1. The van der Waals surface area contributed by atoms with Gasteiger partial charge in [0.25, 0.3) is 10.0 Å². The molecular formula is C20H25N3O5S2. The molecule has 2 aromatic carbocycles. The van der Waals surface area contributed by atoms with Crippen molar-refractivity contribution in [2.24, 2.45) is 5.73 Å². The van der Waals surface area contributed by atoms with Crippen LogP contribution in [-0.4, -0.2) is 39.1 Å². The van der Waals surface area contributed by atoms with Crippen LogP contribution < -0.4 is 10.5 Å². The summed E-state index contributed by atoms with van der Waals surface area (Å²) in [5.74, 6) is -0.652. The number of hydrogen-bond donors (Lipinski definition) is 2. The third-order valence-corrected chi connectivity index (χ3v) is 8.78. The summed E-state index contributed by atoms with van der Waals surface area (Å²) in [5.41, 5.74) is 5.59. The van der Waals surface area contributed by atoms with Crippen LogP contribution in [0.2, 0.25) is 0 Å². The molecule has 1 aliphatic heterocycles. The Kier molecular flexibility index (Phi) is 6.21. The molecule has 0 bridgehead atoms. The van der Waals surface area contributed by atoms with E-state index in [0.29, 0.717) is 0 Å². The molecule has 1 amide bonds. The first-order valence-corrected chi connectivity index (χ1v) is 12.5. The van der Waals surface area contributed by atoms with E-state index in [-0.39, 0.29) is 33.1 Å².